The van der Waals surface area contributed by atoms with Gasteiger partial charge in [-0.2, -0.15) is 0 Å². The van der Waals surface area contributed by atoms with Gasteiger partial charge in [0.25, 0.3) is 0 Å². The summed E-state index contributed by atoms with van der Waals surface area (Å²) in [4.78, 5) is 11.2. The van der Waals surface area contributed by atoms with Crippen molar-refractivity contribution < 1.29 is 19.4 Å². The van der Waals surface area contributed by atoms with E-state index in [4.69, 9.17) is 15.9 Å². The molecule has 3 rings (SSSR count). The van der Waals surface area contributed by atoms with E-state index in [-0.39, 0.29) is 12.0 Å². The van der Waals surface area contributed by atoms with Crippen LogP contribution < -0.4 is 0 Å². The topological polar surface area (TPSA) is 55.8 Å². The maximum atomic E-state index is 11.2. The molecule has 1 aliphatic heterocycles. The molecule has 4 nitrogen and oxygen atoms in total. The Balaban J connectivity index is 2.10. The Kier molecular flexibility index (Phi) is 2.12. The number of fused-ring (bicyclic) bond motifs is 2. The SMILES string of the molecule is C#C[C@@]1(O)C[C@H]2CC[C@]1(C1COC(=O)O1)C2(C)C. The van der Waals surface area contributed by atoms with Crippen molar-refractivity contribution in [2.24, 2.45) is 16.7 Å². The first-order chi connectivity index (χ1) is 8.37. The summed E-state index contributed by atoms with van der Waals surface area (Å²) in [6.07, 6.45) is 6.88. The summed E-state index contributed by atoms with van der Waals surface area (Å²) in [6, 6.07) is 0. The lowest BCUT2D eigenvalue weighted by Gasteiger charge is -2.47. The van der Waals surface area contributed by atoms with E-state index in [2.05, 4.69) is 19.8 Å². The highest BCUT2D eigenvalue weighted by atomic mass is 16.8. The van der Waals surface area contributed by atoms with Crippen LogP contribution in [-0.4, -0.2) is 29.6 Å². The highest BCUT2D eigenvalue weighted by molar-refractivity contribution is 5.62. The first-order valence-electron chi connectivity index (χ1n) is 6.41. The fourth-order valence-electron chi connectivity index (χ4n) is 4.69. The number of cyclic esters (lactones) is 2. The van der Waals surface area contributed by atoms with Crippen molar-refractivity contribution in [2.75, 3.05) is 6.61 Å². The second-order valence-corrected chi connectivity index (χ2v) is 6.30. The van der Waals surface area contributed by atoms with Gasteiger partial charge in [0.05, 0.1) is 5.41 Å². The summed E-state index contributed by atoms with van der Waals surface area (Å²) in [5, 5.41) is 10.8. The van der Waals surface area contributed by atoms with Crippen molar-refractivity contribution in [1.82, 2.24) is 0 Å². The van der Waals surface area contributed by atoms with Crippen molar-refractivity contribution in [3.05, 3.63) is 0 Å². The molecule has 1 unspecified atom stereocenters. The largest absolute Gasteiger partial charge is 0.508 e. The molecule has 4 atom stereocenters. The van der Waals surface area contributed by atoms with Crippen LogP contribution in [0.25, 0.3) is 0 Å². The smallest absolute Gasteiger partial charge is 0.430 e. The van der Waals surface area contributed by atoms with E-state index in [1.165, 1.54) is 0 Å². The molecule has 2 saturated carbocycles. The third-order valence-corrected chi connectivity index (χ3v) is 5.72. The monoisotopic (exact) mass is 250 g/mol. The molecular formula is C14H18O4. The second kappa shape index (κ2) is 3.21. The van der Waals surface area contributed by atoms with E-state index in [0.29, 0.717) is 12.3 Å². The van der Waals surface area contributed by atoms with Gasteiger partial charge >= 0.3 is 6.16 Å². The van der Waals surface area contributed by atoms with Gasteiger partial charge in [0.1, 0.15) is 18.3 Å². The number of aliphatic hydroxyl groups is 1. The Hall–Kier alpha value is -1.21. The van der Waals surface area contributed by atoms with E-state index >= 15 is 0 Å². The van der Waals surface area contributed by atoms with Gasteiger partial charge in [-0.05, 0) is 30.6 Å². The average molecular weight is 250 g/mol. The van der Waals surface area contributed by atoms with Crippen LogP contribution in [0.5, 0.6) is 0 Å². The number of carbonyl (C=O) groups excluding carboxylic acids is 1. The van der Waals surface area contributed by atoms with Crippen LogP contribution in [0.3, 0.4) is 0 Å². The molecule has 0 amide bonds. The van der Waals surface area contributed by atoms with Crippen LogP contribution in [0.1, 0.15) is 33.1 Å². The van der Waals surface area contributed by atoms with Gasteiger partial charge in [-0.1, -0.05) is 19.8 Å². The standard InChI is InChI=1S/C14H18O4/c1-4-13(16)7-9-5-6-14(13,12(9,2)3)10-8-17-11(15)18-10/h1,9-10,16H,5-8H2,2-3H3/t9-,10?,13-,14+/m1/s1. The first-order valence-corrected chi connectivity index (χ1v) is 6.41. The number of ether oxygens (including phenoxy) is 2. The normalized spacial score (nSPS) is 48.7. The van der Waals surface area contributed by atoms with Crippen molar-refractivity contribution >= 4 is 6.16 Å². The van der Waals surface area contributed by atoms with Crippen LogP contribution in [-0.2, 0) is 9.47 Å². The zero-order chi connectivity index (χ0) is 13.2. The molecule has 3 aliphatic rings. The van der Waals surface area contributed by atoms with Crippen LogP contribution >= 0.6 is 0 Å². The average Bonchev–Trinajstić information content (AvgIpc) is 2.89. The maximum Gasteiger partial charge on any atom is 0.508 e. The third-order valence-electron chi connectivity index (χ3n) is 5.72. The number of rotatable bonds is 1. The van der Waals surface area contributed by atoms with E-state index in [1.54, 1.807) is 0 Å². The molecule has 98 valence electrons. The fourth-order valence-corrected chi connectivity index (χ4v) is 4.69. The molecule has 1 saturated heterocycles. The van der Waals surface area contributed by atoms with E-state index < -0.39 is 23.3 Å². The summed E-state index contributed by atoms with van der Waals surface area (Å²) in [5.41, 5.74) is -1.92. The summed E-state index contributed by atoms with van der Waals surface area (Å²) >= 11 is 0. The van der Waals surface area contributed by atoms with Gasteiger partial charge in [0, 0.05) is 0 Å². The third kappa shape index (κ3) is 1.05. The van der Waals surface area contributed by atoms with Crippen molar-refractivity contribution in [3.63, 3.8) is 0 Å². The quantitative estimate of drug-likeness (QED) is 0.568. The summed E-state index contributed by atoms with van der Waals surface area (Å²) in [5.74, 6) is 2.94. The van der Waals surface area contributed by atoms with Gasteiger partial charge in [0.15, 0.2) is 0 Å². The van der Waals surface area contributed by atoms with Crippen LogP contribution in [0, 0.1) is 29.1 Å². The number of hydrogen-bond acceptors (Lipinski definition) is 4. The number of terminal acetylenes is 1. The lowest BCUT2D eigenvalue weighted by Crippen LogP contribution is -2.56. The Morgan fingerprint density at radius 3 is 2.72 bits per heavy atom. The van der Waals surface area contributed by atoms with E-state index in [1.807, 2.05) is 0 Å². The van der Waals surface area contributed by atoms with Crippen LogP contribution in [0.15, 0.2) is 0 Å². The van der Waals surface area contributed by atoms with Crippen molar-refractivity contribution in [2.45, 2.75) is 44.8 Å². The lowest BCUT2D eigenvalue weighted by molar-refractivity contribution is -0.121. The molecular weight excluding hydrogens is 232 g/mol. The highest BCUT2D eigenvalue weighted by Crippen LogP contribution is 2.71. The minimum atomic E-state index is -1.20. The molecule has 2 aliphatic carbocycles. The Morgan fingerprint density at radius 2 is 2.22 bits per heavy atom. The highest BCUT2D eigenvalue weighted by Gasteiger charge is 2.75. The van der Waals surface area contributed by atoms with Gasteiger partial charge in [-0.3, -0.25) is 0 Å². The maximum absolute atomic E-state index is 11.2. The van der Waals surface area contributed by atoms with Crippen molar-refractivity contribution in [3.8, 4) is 12.3 Å². The Bertz CT molecular complexity index is 449. The van der Waals surface area contributed by atoms with E-state index in [0.717, 1.165) is 12.8 Å². The molecule has 0 radical (unpaired) electrons. The lowest BCUT2D eigenvalue weighted by atomic mass is 9.60. The molecule has 0 aromatic rings. The molecule has 18 heavy (non-hydrogen) atoms. The van der Waals surface area contributed by atoms with Crippen molar-refractivity contribution in [1.29, 1.82) is 0 Å². The van der Waals surface area contributed by atoms with Gasteiger partial charge in [0.2, 0.25) is 0 Å². The molecule has 4 heteroatoms. The Labute approximate surface area is 107 Å². The molecule has 0 aromatic heterocycles. The second-order valence-electron chi connectivity index (χ2n) is 6.30. The predicted octanol–water partition coefficient (Wildman–Crippen LogP) is 1.71. The van der Waals surface area contributed by atoms with Gasteiger partial charge in [-0.15, -0.1) is 6.42 Å². The molecule has 0 spiro atoms. The van der Waals surface area contributed by atoms with Crippen LogP contribution in [0.4, 0.5) is 4.79 Å². The summed E-state index contributed by atoms with van der Waals surface area (Å²) in [6.45, 7) is 4.43. The Morgan fingerprint density at radius 1 is 1.50 bits per heavy atom. The fraction of sp³-hybridized carbons (Fsp3) is 0.786. The molecule has 1 N–H and O–H groups in total. The predicted molar refractivity (Wildman–Crippen MR) is 63.6 cm³/mol. The van der Waals surface area contributed by atoms with Gasteiger partial charge < -0.3 is 14.6 Å². The molecule has 2 bridgehead atoms. The minimum Gasteiger partial charge on any atom is -0.430 e. The first kappa shape index (κ1) is 11.9. The number of carbonyl (C=O) groups is 1. The van der Waals surface area contributed by atoms with E-state index in [9.17, 15) is 9.90 Å². The zero-order valence-corrected chi connectivity index (χ0v) is 10.7. The number of hydrogen-bond donors (Lipinski definition) is 1. The molecule has 1 heterocycles. The zero-order valence-electron chi connectivity index (χ0n) is 10.7. The van der Waals surface area contributed by atoms with Crippen LogP contribution in [0.2, 0.25) is 0 Å². The summed E-state index contributed by atoms with van der Waals surface area (Å²) < 4.78 is 10.2. The summed E-state index contributed by atoms with van der Waals surface area (Å²) in [7, 11) is 0. The minimum absolute atomic E-state index is 0.146. The molecule has 0 aromatic carbocycles. The molecule has 3 fully saturated rings. The van der Waals surface area contributed by atoms with Gasteiger partial charge in [-0.25, -0.2) is 4.79 Å².